The van der Waals surface area contributed by atoms with E-state index in [9.17, 15) is 9.59 Å². The van der Waals surface area contributed by atoms with Gasteiger partial charge in [-0.25, -0.2) is 4.68 Å². The summed E-state index contributed by atoms with van der Waals surface area (Å²) in [7, 11) is 0. The summed E-state index contributed by atoms with van der Waals surface area (Å²) >= 11 is 0. The molecular weight excluding hydrogens is 346 g/mol. The molecule has 1 aromatic carbocycles. The van der Waals surface area contributed by atoms with E-state index in [1.165, 1.54) is 10.7 Å². The Bertz CT molecular complexity index is 922. The predicted octanol–water partition coefficient (Wildman–Crippen LogP) is 2.29. The quantitative estimate of drug-likeness (QED) is 0.827. The van der Waals surface area contributed by atoms with Crippen LogP contribution in [0.4, 0.5) is 0 Å². The molecule has 0 aliphatic carbocycles. The molecular formula is C20H23N3O4. The number of carbonyl (C=O) groups excluding carboxylic acids is 1. The van der Waals surface area contributed by atoms with Gasteiger partial charge in [0.1, 0.15) is 0 Å². The van der Waals surface area contributed by atoms with Gasteiger partial charge in [0.2, 0.25) is 12.7 Å². The van der Waals surface area contributed by atoms with E-state index >= 15 is 0 Å². The predicted molar refractivity (Wildman–Crippen MR) is 99.6 cm³/mol. The van der Waals surface area contributed by atoms with E-state index < -0.39 is 0 Å². The van der Waals surface area contributed by atoms with Crippen LogP contribution in [0.3, 0.4) is 0 Å². The van der Waals surface area contributed by atoms with Crippen LogP contribution in [0.1, 0.15) is 26.7 Å². The standard InChI is InChI=1S/C20H23N3O4/c1-13(2)20(25)22-9-3-4-15(22)11-23-19(24)8-6-16(21-23)14-5-7-17-18(10-14)27-12-26-17/h5-8,10,13,15H,3-4,9,11-12H2,1-2H3/t15-/m0/s1. The average Bonchev–Trinajstić information content (AvgIpc) is 3.31. The Morgan fingerprint density at radius 3 is 2.85 bits per heavy atom. The zero-order valence-electron chi connectivity index (χ0n) is 15.6. The number of aromatic nitrogens is 2. The van der Waals surface area contributed by atoms with E-state index in [2.05, 4.69) is 5.10 Å². The SMILES string of the molecule is CC(C)C(=O)N1CCC[C@H]1Cn1nc(-c2ccc3c(c2)OCO3)ccc1=O. The second kappa shape index (κ2) is 7.06. The topological polar surface area (TPSA) is 73.7 Å². The van der Waals surface area contributed by atoms with Gasteiger partial charge in [0, 0.05) is 24.1 Å². The lowest BCUT2D eigenvalue weighted by molar-refractivity contribution is -0.135. The lowest BCUT2D eigenvalue weighted by Gasteiger charge is -2.26. The third kappa shape index (κ3) is 3.41. The summed E-state index contributed by atoms with van der Waals surface area (Å²) in [5.74, 6) is 1.48. The monoisotopic (exact) mass is 369 g/mol. The van der Waals surface area contributed by atoms with Crippen molar-refractivity contribution in [1.29, 1.82) is 0 Å². The van der Waals surface area contributed by atoms with E-state index in [1.54, 1.807) is 6.07 Å². The number of hydrogen-bond acceptors (Lipinski definition) is 5. The molecule has 0 radical (unpaired) electrons. The molecule has 2 aromatic rings. The number of ether oxygens (including phenoxy) is 2. The first kappa shape index (κ1) is 17.6. The Morgan fingerprint density at radius 2 is 2.04 bits per heavy atom. The van der Waals surface area contributed by atoms with Gasteiger partial charge in [-0.15, -0.1) is 0 Å². The first-order valence-electron chi connectivity index (χ1n) is 9.31. The molecule has 3 heterocycles. The van der Waals surface area contributed by atoms with E-state index in [0.29, 0.717) is 23.7 Å². The van der Waals surface area contributed by atoms with Crippen LogP contribution in [0.15, 0.2) is 35.1 Å². The highest BCUT2D eigenvalue weighted by Crippen LogP contribution is 2.35. The summed E-state index contributed by atoms with van der Waals surface area (Å²) < 4.78 is 12.2. The summed E-state index contributed by atoms with van der Waals surface area (Å²) in [6.45, 7) is 5.19. The van der Waals surface area contributed by atoms with Crippen LogP contribution in [-0.2, 0) is 11.3 Å². The summed E-state index contributed by atoms with van der Waals surface area (Å²) in [5, 5.41) is 4.54. The number of fused-ring (bicyclic) bond motifs is 1. The molecule has 7 nitrogen and oxygen atoms in total. The maximum Gasteiger partial charge on any atom is 0.266 e. The Balaban J connectivity index is 1.60. The molecule has 1 aromatic heterocycles. The molecule has 0 spiro atoms. The maximum absolute atomic E-state index is 12.4. The van der Waals surface area contributed by atoms with Gasteiger partial charge in [0.15, 0.2) is 11.5 Å². The molecule has 2 aliphatic heterocycles. The van der Waals surface area contributed by atoms with Crippen LogP contribution in [0.2, 0.25) is 0 Å². The van der Waals surface area contributed by atoms with Crippen molar-refractivity contribution >= 4 is 5.91 Å². The molecule has 0 saturated carbocycles. The first-order valence-corrected chi connectivity index (χ1v) is 9.31. The molecule has 1 amide bonds. The number of hydrogen-bond donors (Lipinski definition) is 0. The highest BCUT2D eigenvalue weighted by Gasteiger charge is 2.30. The van der Waals surface area contributed by atoms with Crippen molar-refractivity contribution in [3.8, 4) is 22.8 Å². The first-order chi connectivity index (χ1) is 13.0. The largest absolute Gasteiger partial charge is 0.454 e. The third-order valence-electron chi connectivity index (χ3n) is 5.07. The Kier molecular flexibility index (Phi) is 4.59. The van der Waals surface area contributed by atoms with Gasteiger partial charge in [-0.1, -0.05) is 13.8 Å². The fourth-order valence-corrected chi connectivity index (χ4v) is 3.64. The average molecular weight is 369 g/mol. The fourth-order valence-electron chi connectivity index (χ4n) is 3.64. The molecule has 1 fully saturated rings. The molecule has 0 unspecified atom stereocenters. The molecule has 2 aliphatic rings. The van der Waals surface area contributed by atoms with Gasteiger partial charge in [-0.2, -0.15) is 5.10 Å². The molecule has 0 bridgehead atoms. The van der Waals surface area contributed by atoms with Crippen molar-refractivity contribution < 1.29 is 14.3 Å². The highest BCUT2D eigenvalue weighted by molar-refractivity contribution is 5.78. The Hall–Kier alpha value is -2.83. The zero-order chi connectivity index (χ0) is 19.0. The number of likely N-dealkylation sites (tertiary alicyclic amines) is 1. The molecule has 0 N–H and O–H groups in total. The van der Waals surface area contributed by atoms with Crippen molar-refractivity contribution in [3.05, 3.63) is 40.7 Å². The number of rotatable bonds is 4. The van der Waals surface area contributed by atoms with Crippen LogP contribution in [0.25, 0.3) is 11.3 Å². The molecule has 142 valence electrons. The smallest absolute Gasteiger partial charge is 0.266 e. The minimum atomic E-state index is -0.164. The van der Waals surface area contributed by atoms with E-state index in [0.717, 1.165) is 24.9 Å². The molecule has 1 saturated heterocycles. The van der Waals surface area contributed by atoms with Gasteiger partial charge >= 0.3 is 0 Å². The van der Waals surface area contributed by atoms with Crippen LogP contribution < -0.4 is 15.0 Å². The van der Waals surface area contributed by atoms with Crippen LogP contribution >= 0.6 is 0 Å². The fraction of sp³-hybridized carbons (Fsp3) is 0.450. The van der Waals surface area contributed by atoms with Crippen molar-refractivity contribution in [2.75, 3.05) is 13.3 Å². The molecule has 4 rings (SSSR count). The summed E-state index contributed by atoms with van der Waals surface area (Å²) in [4.78, 5) is 26.7. The number of carbonyl (C=O) groups is 1. The van der Waals surface area contributed by atoms with Gasteiger partial charge < -0.3 is 14.4 Å². The van der Waals surface area contributed by atoms with Gasteiger partial charge in [-0.05, 0) is 37.1 Å². The van der Waals surface area contributed by atoms with Gasteiger partial charge in [-0.3, -0.25) is 9.59 Å². The lowest BCUT2D eigenvalue weighted by atomic mass is 10.1. The van der Waals surface area contributed by atoms with Crippen molar-refractivity contribution in [1.82, 2.24) is 14.7 Å². The molecule has 1 atom stereocenters. The number of benzene rings is 1. The zero-order valence-corrected chi connectivity index (χ0v) is 15.6. The van der Waals surface area contributed by atoms with E-state index in [1.807, 2.05) is 36.9 Å². The lowest BCUT2D eigenvalue weighted by Crippen LogP contribution is -2.42. The molecule has 7 heteroatoms. The highest BCUT2D eigenvalue weighted by atomic mass is 16.7. The van der Waals surface area contributed by atoms with Gasteiger partial charge in [0.05, 0.1) is 18.3 Å². The summed E-state index contributed by atoms with van der Waals surface area (Å²) in [6, 6.07) is 8.85. The minimum Gasteiger partial charge on any atom is -0.454 e. The second-order valence-electron chi connectivity index (χ2n) is 7.29. The second-order valence-corrected chi connectivity index (χ2v) is 7.29. The third-order valence-corrected chi connectivity index (χ3v) is 5.07. The number of amides is 1. The van der Waals surface area contributed by atoms with Crippen LogP contribution in [0, 0.1) is 5.92 Å². The summed E-state index contributed by atoms with van der Waals surface area (Å²) in [5.41, 5.74) is 1.38. The van der Waals surface area contributed by atoms with E-state index in [4.69, 9.17) is 9.47 Å². The Labute approximate surface area is 157 Å². The number of nitrogens with zero attached hydrogens (tertiary/aromatic N) is 3. The minimum absolute atomic E-state index is 0.0112. The van der Waals surface area contributed by atoms with Crippen LogP contribution in [-0.4, -0.2) is 40.0 Å². The molecule has 27 heavy (non-hydrogen) atoms. The van der Waals surface area contributed by atoms with E-state index in [-0.39, 0.29) is 30.2 Å². The normalized spacial score (nSPS) is 18.3. The van der Waals surface area contributed by atoms with Crippen molar-refractivity contribution in [2.24, 2.45) is 5.92 Å². The maximum atomic E-state index is 12.4. The van der Waals surface area contributed by atoms with Gasteiger partial charge in [0.25, 0.3) is 5.56 Å². The van der Waals surface area contributed by atoms with Crippen molar-refractivity contribution in [3.63, 3.8) is 0 Å². The summed E-state index contributed by atoms with van der Waals surface area (Å²) in [6.07, 6.45) is 1.85. The Morgan fingerprint density at radius 1 is 1.22 bits per heavy atom. The van der Waals surface area contributed by atoms with Crippen LogP contribution in [0.5, 0.6) is 11.5 Å². The van der Waals surface area contributed by atoms with Crippen molar-refractivity contribution in [2.45, 2.75) is 39.3 Å².